The molecule has 0 spiro atoms. The van der Waals surface area contributed by atoms with E-state index in [1.54, 1.807) is 18.5 Å². The van der Waals surface area contributed by atoms with Crippen LogP contribution in [0.25, 0.3) is 0 Å². The molecule has 9 heteroatoms. The lowest BCUT2D eigenvalue weighted by Crippen LogP contribution is -2.50. The van der Waals surface area contributed by atoms with E-state index in [0.29, 0.717) is 32.4 Å². The van der Waals surface area contributed by atoms with Gasteiger partial charge in [0.15, 0.2) is 0 Å². The van der Waals surface area contributed by atoms with Crippen LogP contribution in [0.2, 0.25) is 0 Å². The molecule has 0 saturated heterocycles. The molecule has 0 radical (unpaired) electrons. The van der Waals surface area contributed by atoms with E-state index in [1.165, 1.54) is 0 Å². The fraction of sp³-hybridized carbons (Fsp3) is 0.650. The van der Waals surface area contributed by atoms with Gasteiger partial charge in [-0.1, -0.05) is 13.0 Å². The van der Waals surface area contributed by atoms with Gasteiger partial charge in [0.05, 0.1) is 18.6 Å². The summed E-state index contributed by atoms with van der Waals surface area (Å²) in [7, 11) is 0. The van der Waals surface area contributed by atoms with Crippen LogP contribution >= 0.6 is 0 Å². The highest BCUT2D eigenvalue weighted by Gasteiger charge is 2.36. The van der Waals surface area contributed by atoms with Crippen molar-refractivity contribution in [3.63, 3.8) is 0 Å². The number of pyridine rings is 1. The van der Waals surface area contributed by atoms with Gasteiger partial charge in [-0.25, -0.2) is 0 Å². The molecule has 2 amide bonds. The second-order valence-electron chi connectivity index (χ2n) is 7.29. The Morgan fingerprint density at radius 3 is 2.76 bits per heavy atom. The normalized spacial score (nSPS) is 22.1. The van der Waals surface area contributed by atoms with E-state index >= 15 is 0 Å². The van der Waals surface area contributed by atoms with E-state index in [0.717, 1.165) is 12.0 Å². The Morgan fingerprint density at radius 2 is 2.10 bits per heavy atom. The summed E-state index contributed by atoms with van der Waals surface area (Å²) in [5, 5.41) is 5.55. The average Bonchev–Trinajstić information content (AvgIpc) is 2.70. The molecular weight excluding hydrogens is 387 g/mol. The molecule has 1 saturated carbocycles. The first-order valence-corrected chi connectivity index (χ1v) is 9.92. The molecule has 0 unspecified atom stereocenters. The molecule has 2 N–H and O–H groups in total. The van der Waals surface area contributed by atoms with Crippen LogP contribution in [0.15, 0.2) is 24.5 Å². The van der Waals surface area contributed by atoms with Gasteiger partial charge in [0.1, 0.15) is 0 Å². The van der Waals surface area contributed by atoms with Gasteiger partial charge < -0.3 is 15.4 Å². The molecule has 1 aromatic heterocycles. The second-order valence-corrected chi connectivity index (χ2v) is 7.29. The molecule has 3 atom stereocenters. The van der Waals surface area contributed by atoms with Crippen LogP contribution in [0.4, 0.5) is 13.2 Å². The molecule has 1 fully saturated rings. The van der Waals surface area contributed by atoms with Gasteiger partial charge in [0.25, 0.3) is 0 Å². The van der Waals surface area contributed by atoms with E-state index in [-0.39, 0.29) is 17.9 Å². The van der Waals surface area contributed by atoms with Gasteiger partial charge >= 0.3 is 6.18 Å². The van der Waals surface area contributed by atoms with Crippen LogP contribution in [-0.4, -0.2) is 41.7 Å². The molecule has 1 aliphatic rings. The van der Waals surface area contributed by atoms with E-state index in [4.69, 9.17) is 4.74 Å². The molecule has 0 aromatic carbocycles. The highest BCUT2D eigenvalue weighted by Crippen LogP contribution is 2.28. The lowest BCUT2D eigenvalue weighted by molar-refractivity contribution is -0.145. The summed E-state index contributed by atoms with van der Waals surface area (Å²) in [4.78, 5) is 28.4. The maximum atomic E-state index is 12.5. The van der Waals surface area contributed by atoms with Gasteiger partial charge in [-0.05, 0) is 37.3 Å². The zero-order chi connectivity index (χ0) is 21.3. The Bertz CT molecular complexity index is 655. The number of rotatable bonds is 9. The predicted octanol–water partition coefficient (Wildman–Crippen LogP) is 3.12. The van der Waals surface area contributed by atoms with Crippen LogP contribution in [0, 0.1) is 5.92 Å². The topological polar surface area (TPSA) is 80.3 Å². The molecule has 0 aliphatic heterocycles. The lowest BCUT2D eigenvalue weighted by atomic mass is 9.83. The lowest BCUT2D eigenvalue weighted by Gasteiger charge is -2.36. The van der Waals surface area contributed by atoms with Crippen LogP contribution in [-0.2, 0) is 20.9 Å². The van der Waals surface area contributed by atoms with Crippen LogP contribution in [0.5, 0.6) is 0 Å². The van der Waals surface area contributed by atoms with E-state index in [9.17, 15) is 22.8 Å². The summed E-state index contributed by atoms with van der Waals surface area (Å²) in [5.41, 5.74) is 0.894. The monoisotopic (exact) mass is 415 g/mol. The molecule has 1 aliphatic carbocycles. The zero-order valence-electron chi connectivity index (χ0n) is 16.5. The summed E-state index contributed by atoms with van der Waals surface area (Å²) in [6.45, 7) is 2.78. The molecule has 2 rings (SSSR count). The van der Waals surface area contributed by atoms with Crippen LogP contribution in [0.1, 0.15) is 51.0 Å². The predicted molar refractivity (Wildman–Crippen MR) is 101 cm³/mol. The highest BCUT2D eigenvalue weighted by atomic mass is 19.4. The van der Waals surface area contributed by atoms with Crippen LogP contribution in [0.3, 0.4) is 0 Å². The van der Waals surface area contributed by atoms with Crippen molar-refractivity contribution in [3.8, 4) is 0 Å². The fourth-order valence-corrected chi connectivity index (χ4v) is 3.36. The van der Waals surface area contributed by atoms with E-state index in [1.807, 2.05) is 13.0 Å². The minimum Gasteiger partial charge on any atom is -0.376 e. The van der Waals surface area contributed by atoms with Crippen molar-refractivity contribution in [1.29, 1.82) is 0 Å². The third-order valence-electron chi connectivity index (χ3n) is 4.87. The summed E-state index contributed by atoms with van der Waals surface area (Å²) in [6.07, 6.45) is -0.960. The number of hydrogen-bond donors (Lipinski definition) is 2. The second kappa shape index (κ2) is 11.1. The summed E-state index contributed by atoms with van der Waals surface area (Å²) in [5.74, 6) is -1.01. The van der Waals surface area contributed by atoms with Gasteiger partial charge in [0, 0.05) is 37.9 Å². The van der Waals surface area contributed by atoms with E-state index < -0.39 is 31.0 Å². The Hall–Kier alpha value is -2.16. The quantitative estimate of drug-likeness (QED) is 0.650. The third-order valence-corrected chi connectivity index (χ3v) is 4.87. The van der Waals surface area contributed by atoms with Gasteiger partial charge in [-0.15, -0.1) is 0 Å². The van der Waals surface area contributed by atoms with Crippen molar-refractivity contribution in [2.75, 3.05) is 6.61 Å². The fourth-order valence-electron chi connectivity index (χ4n) is 3.36. The number of amides is 2. The highest BCUT2D eigenvalue weighted by molar-refractivity contribution is 5.79. The van der Waals surface area contributed by atoms with Gasteiger partial charge in [-0.3, -0.25) is 14.6 Å². The van der Waals surface area contributed by atoms with Crippen molar-refractivity contribution in [2.45, 2.75) is 70.3 Å². The number of carbonyl (C=O) groups is 2. The molecule has 1 heterocycles. The number of carbonyl (C=O) groups excluding carboxylic acids is 2. The Labute approximate surface area is 168 Å². The minimum atomic E-state index is -4.36. The Balaban J connectivity index is 1.87. The van der Waals surface area contributed by atoms with Gasteiger partial charge in [-0.2, -0.15) is 13.2 Å². The zero-order valence-corrected chi connectivity index (χ0v) is 16.5. The van der Waals surface area contributed by atoms with E-state index in [2.05, 4.69) is 15.6 Å². The van der Waals surface area contributed by atoms with Crippen molar-refractivity contribution in [1.82, 2.24) is 15.6 Å². The third kappa shape index (κ3) is 8.39. The van der Waals surface area contributed by atoms with Crippen molar-refractivity contribution in [3.05, 3.63) is 30.1 Å². The molecule has 6 nitrogen and oxygen atoms in total. The average molecular weight is 415 g/mol. The molecular formula is C20H28F3N3O3. The number of hydrogen-bond acceptors (Lipinski definition) is 4. The molecule has 1 aromatic rings. The number of ether oxygens (including phenoxy) is 1. The maximum absolute atomic E-state index is 12.5. The number of halogens is 3. The van der Waals surface area contributed by atoms with Crippen molar-refractivity contribution in [2.24, 2.45) is 5.92 Å². The molecule has 162 valence electrons. The van der Waals surface area contributed by atoms with Crippen LogP contribution < -0.4 is 10.6 Å². The standard InChI is InChI=1S/C20H28F3N3O3/c1-2-10-29-17-11-15(19(28)25-13-14-4-3-9-24-12-14)5-6-16(17)26-18(27)7-8-20(21,22)23/h3-4,9,12,15-17H,2,5-8,10-11,13H2,1H3,(H,25,28)(H,26,27)/t15-,16-,17-/m0/s1. The number of nitrogens with zero attached hydrogens (tertiary/aromatic N) is 1. The molecule has 29 heavy (non-hydrogen) atoms. The SMILES string of the molecule is CCCO[C@H]1C[C@@H](C(=O)NCc2cccnc2)CC[C@@H]1NC(=O)CCC(F)(F)F. The first kappa shape index (κ1) is 23.1. The number of nitrogens with one attached hydrogen (secondary N) is 2. The van der Waals surface area contributed by atoms with Crippen molar-refractivity contribution >= 4 is 11.8 Å². The number of alkyl halides is 3. The first-order chi connectivity index (χ1) is 13.8. The summed E-state index contributed by atoms with van der Waals surface area (Å²) < 4.78 is 42.8. The minimum absolute atomic E-state index is 0.0965. The van der Waals surface area contributed by atoms with Gasteiger partial charge in [0.2, 0.25) is 11.8 Å². The number of aromatic nitrogens is 1. The largest absolute Gasteiger partial charge is 0.389 e. The molecule has 0 bridgehead atoms. The summed E-state index contributed by atoms with van der Waals surface area (Å²) >= 11 is 0. The Kier molecular flexibility index (Phi) is 8.88. The first-order valence-electron chi connectivity index (χ1n) is 9.92. The maximum Gasteiger partial charge on any atom is 0.389 e. The van der Waals surface area contributed by atoms with Crippen molar-refractivity contribution < 1.29 is 27.5 Å². The smallest absolute Gasteiger partial charge is 0.376 e. The Morgan fingerprint density at radius 1 is 1.31 bits per heavy atom. The summed E-state index contributed by atoms with van der Waals surface area (Å²) in [6, 6.07) is 3.28.